The van der Waals surface area contributed by atoms with E-state index in [4.69, 9.17) is 0 Å². The first kappa shape index (κ1) is 10.6. The fourth-order valence-corrected chi connectivity index (χ4v) is 2.01. The average Bonchev–Trinajstić information content (AvgIpc) is 2.51. The Morgan fingerprint density at radius 2 is 2.15 bits per heavy atom. The minimum absolute atomic E-state index is 0.357. The zero-order valence-electron chi connectivity index (χ0n) is 9.05. The van der Waals surface area contributed by atoms with Crippen LogP contribution in [-0.2, 0) is 4.79 Å². The van der Waals surface area contributed by atoms with Gasteiger partial charge >= 0.3 is 0 Å². The Balaban J connectivity index is 2.38. The van der Waals surface area contributed by atoms with Gasteiger partial charge in [-0.15, -0.1) is 0 Å². The van der Waals surface area contributed by atoms with Crippen molar-refractivity contribution in [3.8, 4) is 0 Å². The standard InChI is InChI=1S/C11H21NO/c1-4-9(2)8-10(3)12-7-5-6-11(12)13/h9-10H,4-8H2,1-3H3. The molecule has 0 aromatic rings. The molecule has 0 aromatic carbocycles. The van der Waals surface area contributed by atoms with Crippen LogP contribution < -0.4 is 0 Å². The van der Waals surface area contributed by atoms with Crippen LogP contribution in [0.25, 0.3) is 0 Å². The van der Waals surface area contributed by atoms with Crippen molar-refractivity contribution < 1.29 is 4.79 Å². The van der Waals surface area contributed by atoms with E-state index < -0.39 is 0 Å². The largest absolute Gasteiger partial charge is 0.340 e. The molecular formula is C11H21NO. The Morgan fingerprint density at radius 3 is 2.62 bits per heavy atom. The second-order valence-corrected chi connectivity index (χ2v) is 4.29. The van der Waals surface area contributed by atoms with Gasteiger partial charge in [-0.25, -0.2) is 0 Å². The zero-order chi connectivity index (χ0) is 9.84. The smallest absolute Gasteiger partial charge is 0.222 e. The Kier molecular flexibility index (Phi) is 3.76. The molecule has 1 aliphatic heterocycles. The maximum absolute atomic E-state index is 11.4. The molecule has 0 radical (unpaired) electrons. The van der Waals surface area contributed by atoms with Crippen molar-refractivity contribution in [3.63, 3.8) is 0 Å². The van der Waals surface area contributed by atoms with Crippen LogP contribution in [-0.4, -0.2) is 23.4 Å². The molecule has 0 saturated carbocycles. The number of likely N-dealkylation sites (tertiary alicyclic amines) is 1. The molecule has 1 rings (SSSR count). The minimum Gasteiger partial charge on any atom is -0.340 e. The molecule has 2 nitrogen and oxygen atoms in total. The van der Waals surface area contributed by atoms with Gasteiger partial charge in [-0.2, -0.15) is 0 Å². The fourth-order valence-electron chi connectivity index (χ4n) is 2.01. The van der Waals surface area contributed by atoms with Gasteiger partial charge in [0.15, 0.2) is 0 Å². The maximum Gasteiger partial charge on any atom is 0.222 e. The lowest BCUT2D eigenvalue weighted by Crippen LogP contribution is -2.35. The van der Waals surface area contributed by atoms with Gasteiger partial charge in [-0.1, -0.05) is 20.3 Å². The number of carbonyl (C=O) groups is 1. The molecule has 0 aliphatic carbocycles. The van der Waals surface area contributed by atoms with Crippen LogP contribution in [0.3, 0.4) is 0 Å². The van der Waals surface area contributed by atoms with Crippen molar-refractivity contribution in [2.24, 2.45) is 5.92 Å². The summed E-state index contributed by atoms with van der Waals surface area (Å²) in [4.78, 5) is 13.5. The number of hydrogen-bond donors (Lipinski definition) is 0. The molecular weight excluding hydrogens is 162 g/mol. The molecule has 0 spiro atoms. The van der Waals surface area contributed by atoms with E-state index in [0.29, 0.717) is 11.9 Å². The molecule has 2 unspecified atom stereocenters. The summed E-state index contributed by atoms with van der Waals surface area (Å²) in [6, 6.07) is 0.449. The number of rotatable bonds is 4. The average molecular weight is 183 g/mol. The van der Waals surface area contributed by atoms with E-state index in [1.807, 2.05) is 4.90 Å². The highest BCUT2D eigenvalue weighted by atomic mass is 16.2. The first-order valence-electron chi connectivity index (χ1n) is 5.44. The van der Waals surface area contributed by atoms with Gasteiger partial charge in [0.05, 0.1) is 0 Å². The fraction of sp³-hybridized carbons (Fsp3) is 0.909. The van der Waals surface area contributed by atoms with E-state index in [0.717, 1.165) is 31.7 Å². The lowest BCUT2D eigenvalue weighted by molar-refractivity contribution is -0.129. The summed E-state index contributed by atoms with van der Waals surface area (Å²) in [7, 11) is 0. The summed E-state index contributed by atoms with van der Waals surface area (Å²) < 4.78 is 0. The predicted molar refractivity (Wildman–Crippen MR) is 54.5 cm³/mol. The normalized spacial score (nSPS) is 22.1. The third-order valence-electron chi connectivity index (χ3n) is 3.08. The molecule has 1 saturated heterocycles. The van der Waals surface area contributed by atoms with Crippen molar-refractivity contribution in [1.29, 1.82) is 0 Å². The molecule has 1 aliphatic rings. The van der Waals surface area contributed by atoms with Crippen LogP contribution in [0.5, 0.6) is 0 Å². The van der Waals surface area contributed by atoms with Gasteiger partial charge in [-0.05, 0) is 25.7 Å². The molecule has 1 heterocycles. The number of nitrogens with zero attached hydrogens (tertiary/aromatic N) is 1. The first-order chi connectivity index (χ1) is 6.15. The zero-order valence-corrected chi connectivity index (χ0v) is 9.05. The molecule has 13 heavy (non-hydrogen) atoms. The van der Waals surface area contributed by atoms with Gasteiger partial charge < -0.3 is 4.90 Å². The van der Waals surface area contributed by atoms with Crippen LogP contribution in [0.2, 0.25) is 0 Å². The highest BCUT2D eigenvalue weighted by Crippen LogP contribution is 2.19. The van der Waals surface area contributed by atoms with Gasteiger partial charge in [0.1, 0.15) is 0 Å². The van der Waals surface area contributed by atoms with Gasteiger partial charge in [0.2, 0.25) is 5.91 Å². The molecule has 2 atom stereocenters. The molecule has 0 aromatic heterocycles. The second-order valence-electron chi connectivity index (χ2n) is 4.29. The highest BCUT2D eigenvalue weighted by molar-refractivity contribution is 5.78. The Bertz CT molecular complexity index is 179. The van der Waals surface area contributed by atoms with Gasteiger partial charge in [-0.3, -0.25) is 4.79 Å². The third-order valence-corrected chi connectivity index (χ3v) is 3.08. The van der Waals surface area contributed by atoms with E-state index in [2.05, 4.69) is 20.8 Å². The van der Waals surface area contributed by atoms with Crippen LogP contribution in [0.1, 0.15) is 46.5 Å². The summed E-state index contributed by atoms with van der Waals surface area (Å²) >= 11 is 0. The first-order valence-corrected chi connectivity index (χ1v) is 5.44. The second kappa shape index (κ2) is 4.64. The molecule has 1 amide bonds. The Labute approximate surface area is 81.3 Å². The van der Waals surface area contributed by atoms with E-state index in [-0.39, 0.29) is 0 Å². The molecule has 2 heteroatoms. The van der Waals surface area contributed by atoms with Crippen molar-refractivity contribution in [3.05, 3.63) is 0 Å². The van der Waals surface area contributed by atoms with Gasteiger partial charge in [0.25, 0.3) is 0 Å². The summed E-state index contributed by atoms with van der Waals surface area (Å²) in [5.41, 5.74) is 0. The minimum atomic E-state index is 0.357. The summed E-state index contributed by atoms with van der Waals surface area (Å²) in [6.07, 6.45) is 4.20. The van der Waals surface area contributed by atoms with Crippen LogP contribution in [0.4, 0.5) is 0 Å². The number of carbonyl (C=O) groups excluding carboxylic acids is 1. The van der Waals surface area contributed by atoms with E-state index in [1.165, 1.54) is 6.42 Å². The summed E-state index contributed by atoms with van der Waals surface area (Å²) in [6.45, 7) is 7.63. The summed E-state index contributed by atoms with van der Waals surface area (Å²) in [5.74, 6) is 1.10. The van der Waals surface area contributed by atoms with Crippen molar-refractivity contribution in [2.45, 2.75) is 52.5 Å². The molecule has 0 bridgehead atoms. The molecule has 0 N–H and O–H groups in total. The third kappa shape index (κ3) is 2.71. The molecule has 1 fully saturated rings. The lowest BCUT2D eigenvalue weighted by atomic mass is 10.00. The van der Waals surface area contributed by atoms with Crippen molar-refractivity contribution in [1.82, 2.24) is 4.90 Å². The Morgan fingerprint density at radius 1 is 1.46 bits per heavy atom. The monoisotopic (exact) mass is 183 g/mol. The number of hydrogen-bond acceptors (Lipinski definition) is 1. The quantitative estimate of drug-likeness (QED) is 0.655. The predicted octanol–water partition coefficient (Wildman–Crippen LogP) is 2.43. The SMILES string of the molecule is CCC(C)CC(C)N1CCCC1=O. The van der Waals surface area contributed by atoms with Crippen LogP contribution >= 0.6 is 0 Å². The maximum atomic E-state index is 11.4. The summed E-state index contributed by atoms with van der Waals surface area (Å²) in [5, 5.41) is 0. The van der Waals surface area contributed by atoms with E-state index in [1.54, 1.807) is 0 Å². The van der Waals surface area contributed by atoms with Crippen molar-refractivity contribution >= 4 is 5.91 Å². The topological polar surface area (TPSA) is 20.3 Å². The van der Waals surface area contributed by atoms with Gasteiger partial charge in [0, 0.05) is 19.0 Å². The van der Waals surface area contributed by atoms with E-state index >= 15 is 0 Å². The highest BCUT2D eigenvalue weighted by Gasteiger charge is 2.25. The van der Waals surface area contributed by atoms with Crippen molar-refractivity contribution in [2.75, 3.05) is 6.54 Å². The Hall–Kier alpha value is -0.530. The molecule has 76 valence electrons. The number of amides is 1. The van der Waals surface area contributed by atoms with Crippen LogP contribution in [0.15, 0.2) is 0 Å². The van der Waals surface area contributed by atoms with E-state index in [9.17, 15) is 4.79 Å². The van der Waals surface area contributed by atoms with Crippen LogP contribution in [0, 0.1) is 5.92 Å². The lowest BCUT2D eigenvalue weighted by Gasteiger charge is -2.26.